The largest absolute Gasteiger partial charge is 0.361 e. The number of aromatic nitrogens is 3. The summed E-state index contributed by atoms with van der Waals surface area (Å²) in [5.74, 6) is 0.399. The van der Waals surface area contributed by atoms with E-state index in [1.807, 2.05) is 32.0 Å². The Balaban J connectivity index is 1.76. The number of carbonyl (C=O) groups excluding carboxylic acids is 1. The van der Waals surface area contributed by atoms with Gasteiger partial charge >= 0.3 is 0 Å². The Labute approximate surface area is 143 Å². The Morgan fingerprint density at radius 2 is 2.16 bits per heavy atom. The van der Waals surface area contributed by atoms with Crippen LogP contribution in [0.3, 0.4) is 0 Å². The highest BCUT2D eigenvalue weighted by Crippen LogP contribution is 2.32. The van der Waals surface area contributed by atoms with Crippen molar-refractivity contribution in [3.05, 3.63) is 63.5 Å². The van der Waals surface area contributed by atoms with Crippen LogP contribution in [0.15, 0.2) is 39.8 Å². The lowest BCUT2D eigenvalue weighted by atomic mass is 10.1. The summed E-state index contributed by atoms with van der Waals surface area (Å²) in [5.41, 5.74) is 1.75. The monoisotopic (exact) mass is 338 g/mol. The highest BCUT2D eigenvalue weighted by molar-refractivity contribution is 5.94. The van der Waals surface area contributed by atoms with Gasteiger partial charge in [0.15, 0.2) is 0 Å². The molecule has 1 amide bonds. The van der Waals surface area contributed by atoms with E-state index in [-0.39, 0.29) is 23.1 Å². The second-order valence-corrected chi connectivity index (χ2v) is 6.36. The topological polar surface area (TPSA) is 80.7 Å². The molecule has 7 nitrogen and oxygen atoms in total. The quantitative estimate of drug-likeness (QED) is 0.716. The van der Waals surface area contributed by atoms with Crippen LogP contribution >= 0.6 is 0 Å². The summed E-state index contributed by atoms with van der Waals surface area (Å²) in [6.45, 7) is 4.23. The number of carbonyl (C=O) groups is 1. The predicted molar refractivity (Wildman–Crippen MR) is 90.5 cm³/mol. The molecule has 3 aromatic heterocycles. The molecule has 7 heteroatoms. The van der Waals surface area contributed by atoms with Crippen molar-refractivity contribution in [1.29, 1.82) is 0 Å². The number of pyridine rings is 1. The van der Waals surface area contributed by atoms with Crippen LogP contribution in [0, 0.1) is 13.8 Å². The standard InChI is InChI=1S/C18H18N4O3/c1-11-5-3-7-16-19-10-13(18(24)22(11)16)17(23)21-8-4-6-15(21)14-9-12(2)25-20-14/h3,5,7,9-10,15H,4,6,8H2,1-2H3/t15-/m0/s1. The van der Waals surface area contributed by atoms with Gasteiger partial charge in [0.2, 0.25) is 0 Å². The van der Waals surface area contributed by atoms with Gasteiger partial charge in [0, 0.05) is 24.5 Å². The summed E-state index contributed by atoms with van der Waals surface area (Å²) in [6, 6.07) is 7.08. The minimum Gasteiger partial charge on any atom is -0.361 e. The zero-order chi connectivity index (χ0) is 17.6. The Bertz CT molecular complexity index is 1020. The molecule has 0 spiro atoms. The molecule has 1 atom stereocenters. The van der Waals surface area contributed by atoms with Gasteiger partial charge < -0.3 is 9.42 Å². The van der Waals surface area contributed by atoms with Crippen molar-refractivity contribution < 1.29 is 9.32 Å². The minimum atomic E-state index is -0.338. The van der Waals surface area contributed by atoms with Gasteiger partial charge in [0.05, 0.1) is 6.04 Å². The Hall–Kier alpha value is -2.96. The van der Waals surface area contributed by atoms with Crippen molar-refractivity contribution in [3.8, 4) is 0 Å². The average molecular weight is 338 g/mol. The molecule has 0 bridgehead atoms. The molecule has 0 radical (unpaired) electrons. The van der Waals surface area contributed by atoms with Gasteiger partial charge in [0.25, 0.3) is 11.5 Å². The summed E-state index contributed by atoms with van der Waals surface area (Å²) in [5, 5.41) is 4.04. The number of hydrogen-bond acceptors (Lipinski definition) is 5. The zero-order valence-electron chi connectivity index (χ0n) is 14.1. The Morgan fingerprint density at radius 1 is 1.32 bits per heavy atom. The number of rotatable bonds is 2. The molecule has 0 unspecified atom stereocenters. The first-order valence-electron chi connectivity index (χ1n) is 8.28. The normalized spacial score (nSPS) is 17.4. The fourth-order valence-electron chi connectivity index (χ4n) is 3.44. The summed E-state index contributed by atoms with van der Waals surface area (Å²) in [4.78, 5) is 31.8. The minimum absolute atomic E-state index is 0.0823. The van der Waals surface area contributed by atoms with Crippen LogP contribution < -0.4 is 5.56 Å². The maximum absolute atomic E-state index is 13.0. The van der Waals surface area contributed by atoms with E-state index in [4.69, 9.17) is 4.52 Å². The summed E-state index contributed by atoms with van der Waals surface area (Å²) < 4.78 is 6.61. The van der Waals surface area contributed by atoms with Gasteiger partial charge in [-0.2, -0.15) is 0 Å². The molecule has 3 aromatic rings. The van der Waals surface area contributed by atoms with Crippen LogP contribution in [0.2, 0.25) is 0 Å². The van der Waals surface area contributed by atoms with Gasteiger partial charge in [0.1, 0.15) is 22.7 Å². The highest BCUT2D eigenvalue weighted by atomic mass is 16.5. The summed E-state index contributed by atoms with van der Waals surface area (Å²) >= 11 is 0. The zero-order valence-corrected chi connectivity index (χ0v) is 14.1. The maximum Gasteiger partial charge on any atom is 0.270 e. The Morgan fingerprint density at radius 3 is 2.92 bits per heavy atom. The highest BCUT2D eigenvalue weighted by Gasteiger charge is 2.34. The molecule has 0 aromatic carbocycles. The fourth-order valence-corrected chi connectivity index (χ4v) is 3.44. The summed E-state index contributed by atoms with van der Waals surface area (Å²) in [7, 11) is 0. The van der Waals surface area contributed by atoms with E-state index in [1.165, 1.54) is 10.6 Å². The van der Waals surface area contributed by atoms with Crippen LogP contribution in [0.25, 0.3) is 5.65 Å². The molecule has 0 aliphatic carbocycles. The second kappa shape index (κ2) is 5.84. The van der Waals surface area contributed by atoms with Crippen LogP contribution in [-0.4, -0.2) is 31.9 Å². The van der Waals surface area contributed by atoms with Gasteiger partial charge in [-0.1, -0.05) is 11.2 Å². The van der Waals surface area contributed by atoms with E-state index in [0.29, 0.717) is 18.0 Å². The van der Waals surface area contributed by atoms with E-state index in [9.17, 15) is 9.59 Å². The molecular formula is C18H18N4O3. The first-order valence-corrected chi connectivity index (χ1v) is 8.28. The van der Waals surface area contributed by atoms with Gasteiger partial charge in [-0.15, -0.1) is 0 Å². The first-order chi connectivity index (χ1) is 12.1. The fraction of sp³-hybridized carbons (Fsp3) is 0.333. The average Bonchev–Trinajstić information content (AvgIpc) is 3.23. The third kappa shape index (κ3) is 2.52. The number of nitrogens with zero attached hydrogens (tertiary/aromatic N) is 4. The lowest BCUT2D eigenvalue weighted by Gasteiger charge is -2.22. The number of hydrogen-bond donors (Lipinski definition) is 0. The van der Waals surface area contributed by atoms with E-state index < -0.39 is 0 Å². The smallest absolute Gasteiger partial charge is 0.270 e. The molecule has 0 saturated carbocycles. The van der Waals surface area contributed by atoms with Crippen molar-refractivity contribution in [2.45, 2.75) is 32.7 Å². The van der Waals surface area contributed by atoms with Gasteiger partial charge in [-0.3, -0.25) is 14.0 Å². The SMILES string of the molecule is Cc1cc([C@@H]2CCCN2C(=O)c2cnc3cccc(C)n3c2=O)no1. The molecule has 128 valence electrons. The molecule has 1 aliphatic rings. The van der Waals surface area contributed by atoms with Crippen LogP contribution in [0.5, 0.6) is 0 Å². The van der Waals surface area contributed by atoms with Crippen LogP contribution in [0.1, 0.15) is 46.4 Å². The van der Waals surface area contributed by atoms with E-state index in [1.54, 1.807) is 11.0 Å². The molecule has 25 heavy (non-hydrogen) atoms. The molecule has 0 N–H and O–H groups in total. The maximum atomic E-state index is 13.0. The third-order valence-electron chi connectivity index (χ3n) is 4.66. The molecular weight excluding hydrogens is 320 g/mol. The number of fused-ring (bicyclic) bond motifs is 1. The molecule has 1 aliphatic heterocycles. The van der Waals surface area contributed by atoms with Crippen molar-refractivity contribution >= 4 is 11.6 Å². The third-order valence-corrected chi connectivity index (χ3v) is 4.66. The van der Waals surface area contributed by atoms with Crippen molar-refractivity contribution in [2.75, 3.05) is 6.54 Å². The number of aryl methyl sites for hydroxylation is 2. The van der Waals surface area contributed by atoms with E-state index in [2.05, 4.69) is 10.1 Å². The van der Waals surface area contributed by atoms with E-state index >= 15 is 0 Å². The van der Waals surface area contributed by atoms with Crippen LogP contribution in [0.4, 0.5) is 0 Å². The number of amides is 1. The lowest BCUT2D eigenvalue weighted by molar-refractivity contribution is 0.0728. The molecule has 4 heterocycles. The Kier molecular flexibility index (Phi) is 3.63. The van der Waals surface area contributed by atoms with Crippen molar-refractivity contribution in [3.63, 3.8) is 0 Å². The van der Waals surface area contributed by atoms with Gasteiger partial charge in [-0.25, -0.2) is 4.98 Å². The second-order valence-electron chi connectivity index (χ2n) is 6.36. The lowest BCUT2D eigenvalue weighted by Crippen LogP contribution is -2.36. The van der Waals surface area contributed by atoms with Crippen molar-refractivity contribution in [1.82, 2.24) is 19.4 Å². The first kappa shape index (κ1) is 15.6. The molecule has 4 rings (SSSR count). The summed E-state index contributed by atoms with van der Waals surface area (Å²) in [6.07, 6.45) is 3.05. The molecule has 1 fully saturated rings. The van der Waals surface area contributed by atoms with E-state index in [0.717, 1.165) is 24.2 Å². The predicted octanol–water partition coefficient (Wildman–Crippen LogP) is 2.28. The van der Waals surface area contributed by atoms with Gasteiger partial charge in [-0.05, 0) is 38.8 Å². The van der Waals surface area contributed by atoms with Crippen molar-refractivity contribution in [2.24, 2.45) is 0 Å². The molecule has 1 saturated heterocycles. The van der Waals surface area contributed by atoms with Crippen LogP contribution in [-0.2, 0) is 0 Å². The number of likely N-dealkylation sites (tertiary alicyclic amines) is 1.